The van der Waals surface area contributed by atoms with Crippen LogP contribution in [0.15, 0.2) is 0 Å². The van der Waals surface area contributed by atoms with E-state index in [1.807, 2.05) is 25.7 Å². The molecule has 0 aromatic rings. The Morgan fingerprint density at radius 2 is 2.12 bits per heavy atom. The van der Waals surface area contributed by atoms with Crippen LogP contribution in [0.25, 0.3) is 0 Å². The zero-order valence-electron chi connectivity index (χ0n) is 10.7. The van der Waals surface area contributed by atoms with Crippen LogP contribution in [0.4, 0.5) is 0 Å². The van der Waals surface area contributed by atoms with Crippen LogP contribution in [0, 0.1) is 5.41 Å². The minimum Gasteiger partial charge on any atom is -0.376 e. The van der Waals surface area contributed by atoms with E-state index in [4.69, 9.17) is 4.74 Å². The van der Waals surface area contributed by atoms with Gasteiger partial charge in [0, 0.05) is 6.54 Å². The van der Waals surface area contributed by atoms with E-state index in [9.17, 15) is 9.59 Å². The summed E-state index contributed by atoms with van der Waals surface area (Å²) in [6, 6.07) is -0.460. The molecule has 17 heavy (non-hydrogen) atoms. The molecule has 5 heteroatoms. The Hall–Kier alpha value is -1.10. The molecule has 1 N–H and O–H groups in total. The number of carbonyl (C=O) groups excluding carboxylic acids is 2. The average Bonchev–Trinajstić information content (AvgIpc) is 2.07. The van der Waals surface area contributed by atoms with E-state index >= 15 is 0 Å². The minimum atomic E-state index is -0.460. The quantitative estimate of drug-likeness (QED) is 0.714. The molecule has 0 radical (unpaired) electrons. The van der Waals surface area contributed by atoms with E-state index < -0.39 is 6.04 Å². The lowest BCUT2D eigenvalue weighted by Gasteiger charge is -2.58. The van der Waals surface area contributed by atoms with E-state index in [1.165, 1.54) is 0 Å². The van der Waals surface area contributed by atoms with Gasteiger partial charge in [-0.25, -0.2) is 0 Å². The molecule has 2 amide bonds. The van der Waals surface area contributed by atoms with Gasteiger partial charge in [-0.3, -0.25) is 9.59 Å². The molecule has 0 saturated carbocycles. The van der Waals surface area contributed by atoms with Crippen molar-refractivity contribution in [2.75, 3.05) is 19.8 Å². The Kier molecular flexibility index (Phi) is 2.89. The highest BCUT2D eigenvalue weighted by Gasteiger charge is 2.54. The van der Waals surface area contributed by atoms with Crippen LogP contribution in [0.5, 0.6) is 0 Å². The van der Waals surface area contributed by atoms with Crippen LogP contribution in [-0.4, -0.2) is 48.6 Å². The maximum Gasteiger partial charge on any atom is 0.246 e. The first-order chi connectivity index (χ1) is 7.91. The van der Waals surface area contributed by atoms with E-state index in [2.05, 4.69) is 5.32 Å². The first-order valence-electron chi connectivity index (χ1n) is 6.00. The zero-order valence-corrected chi connectivity index (χ0v) is 10.7. The second-order valence-corrected chi connectivity index (χ2v) is 6.04. The highest BCUT2D eigenvalue weighted by molar-refractivity contribution is 5.86. The van der Waals surface area contributed by atoms with Crippen molar-refractivity contribution >= 4 is 12.3 Å². The van der Waals surface area contributed by atoms with Crippen molar-refractivity contribution in [2.24, 2.45) is 5.41 Å². The Morgan fingerprint density at radius 3 is 2.41 bits per heavy atom. The molecule has 0 aromatic heterocycles. The topological polar surface area (TPSA) is 58.6 Å². The number of hydrogen-bond donors (Lipinski definition) is 1. The third-order valence-electron chi connectivity index (χ3n) is 3.73. The van der Waals surface area contributed by atoms with Crippen molar-refractivity contribution in [2.45, 2.75) is 38.8 Å². The van der Waals surface area contributed by atoms with Crippen LogP contribution in [0.1, 0.15) is 27.2 Å². The summed E-state index contributed by atoms with van der Waals surface area (Å²) >= 11 is 0. The van der Waals surface area contributed by atoms with E-state index in [-0.39, 0.29) is 16.9 Å². The van der Waals surface area contributed by atoms with Crippen molar-refractivity contribution in [3.63, 3.8) is 0 Å². The van der Waals surface area contributed by atoms with Gasteiger partial charge in [-0.05, 0) is 11.8 Å². The van der Waals surface area contributed by atoms with E-state index in [0.29, 0.717) is 19.6 Å². The molecule has 1 spiro atoms. The lowest BCUT2D eigenvalue weighted by Crippen LogP contribution is -2.74. The van der Waals surface area contributed by atoms with Crippen molar-refractivity contribution in [3.05, 3.63) is 0 Å². The molecule has 2 fully saturated rings. The van der Waals surface area contributed by atoms with Crippen molar-refractivity contribution in [3.8, 4) is 0 Å². The Balaban J connectivity index is 2.09. The van der Waals surface area contributed by atoms with Crippen LogP contribution >= 0.6 is 0 Å². The summed E-state index contributed by atoms with van der Waals surface area (Å²) in [4.78, 5) is 24.9. The molecule has 96 valence electrons. The highest BCUT2D eigenvalue weighted by atomic mass is 16.5. The normalized spacial score (nSPS) is 23.6. The van der Waals surface area contributed by atoms with Gasteiger partial charge < -0.3 is 15.0 Å². The lowest BCUT2D eigenvalue weighted by atomic mass is 9.79. The van der Waals surface area contributed by atoms with Gasteiger partial charge in [0.1, 0.15) is 6.04 Å². The maximum absolute atomic E-state index is 12.4. The molecule has 2 aliphatic heterocycles. The number of nitrogens with zero attached hydrogens (tertiary/aromatic N) is 1. The van der Waals surface area contributed by atoms with Gasteiger partial charge in [-0.15, -0.1) is 0 Å². The van der Waals surface area contributed by atoms with Gasteiger partial charge in [0.2, 0.25) is 12.3 Å². The summed E-state index contributed by atoms with van der Waals surface area (Å²) in [5, 5.41) is 2.64. The molecular formula is C12H20N2O3. The van der Waals surface area contributed by atoms with Crippen LogP contribution < -0.4 is 5.32 Å². The predicted molar refractivity (Wildman–Crippen MR) is 62.3 cm³/mol. The molecule has 2 heterocycles. The van der Waals surface area contributed by atoms with Crippen LogP contribution in [-0.2, 0) is 14.3 Å². The number of rotatable bonds is 3. The Morgan fingerprint density at radius 1 is 1.47 bits per heavy atom. The largest absolute Gasteiger partial charge is 0.376 e. The maximum atomic E-state index is 12.4. The molecule has 2 saturated heterocycles. The summed E-state index contributed by atoms with van der Waals surface area (Å²) in [5.74, 6) is 0.0131. The SMILES string of the molecule is CC(C)(C)C(NC=O)C(=O)N1CCC12COC2. The van der Waals surface area contributed by atoms with Crippen molar-refractivity contribution in [1.29, 1.82) is 0 Å². The molecule has 0 aliphatic carbocycles. The van der Waals surface area contributed by atoms with Gasteiger partial charge >= 0.3 is 0 Å². The van der Waals surface area contributed by atoms with E-state index in [0.717, 1.165) is 13.0 Å². The minimum absolute atomic E-state index is 0.0131. The van der Waals surface area contributed by atoms with Crippen LogP contribution in [0.2, 0.25) is 0 Å². The molecule has 2 rings (SSSR count). The van der Waals surface area contributed by atoms with Crippen molar-refractivity contribution < 1.29 is 14.3 Å². The zero-order chi connectivity index (χ0) is 12.7. The van der Waals surface area contributed by atoms with Crippen LogP contribution in [0.3, 0.4) is 0 Å². The number of carbonyl (C=O) groups is 2. The van der Waals surface area contributed by atoms with Gasteiger partial charge in [0.25, 0.3) is 0 Å². The standard InChI is InChI=1S/C12H20N2O3/c1-11(2,3)9(13-8-15)10(16)14-5-4-12(14)6-17-7-12/h8-9H,4-7H2,1-3H3,(H,13,15). The first-order valence-corrected chi connectivity index (χ1v) is 6.00. The molecule has 1 atom stereocenters. The third kappa shape index (κ3) is 1.92. The highest BCUT2D eigenvalue weighted by Crippen LogP contribution is 2.38. The summed E-state index contributed by atoms with van der Waals surface area (Å²) in [6.07, 6.45) is 1.62. The predicted octanol–water partition coefficient (Wildman–Crippen LogP) is 0.148. The average molecular weight is 240 g/mol. The number of nitrogens with one attached hydrogen (secondary N) is 1. The summed E-state index contributed by atoms with van der Waals surface area (Å²) in [7, 11) is 0. The molecular weight excluding hydrogens is 220 g/mol. The number of hydrogen-bond acceptors (Lipinski definition) is 3. The van der Waals surface area contributed by atoms with Gasteiger partial charge in [0.05, 0.1) is 18.8 Å². The van der Waals surface area contributed by atoms with Gasteiger partial charge in [0.15, 0.2) is 0 Å². The molecule has 0 bridgehead atoms. The fraction of sp³-hybridized carbons (Fsp3) is 0.833. The number of ether oxygens (including phenoxy) is 1. The van der Waals surface area contributed by atoms with Gasteiger partial charge in [-0.2, -0.15) is 0 Å². The smallest absolute Gasteiger partial charge is 0.246 e. The summed E-state index contributed by atoms with van der Waals surface area (Å²) < 4.78 is 5.20. The molecule has 0 aromatic carbocycles. The molecule has 1 unspecified atom stereocenters. The first kappa shape index (κ1) is 12.4. The monoisotopic (exact) mass is 240 g/mol. The Bertz CT molecular complexity index is 326. The number of likely N-dealkylation sites (tertiary alicyclic amines) is 1. The Labute approximate surface area is 101 Å². The van der Waals surface area contributed by atoms with Gasteiger partial charge in [-0.1, -0.05) is 20.8 Å². The number of amides is 2. The summed E-state index contributed by atoms with van der Waals surface area (Å²) in [5.41, 5.74) is -0.343. The fourth-order valence-corrected chi connectivity index (χ4v) is 2.44. The van der Waals surface area contributed by atoms with Crippen molar-refractivity contribution in [1.82, 2.24) is 10.2 Å². The third-order valence-corrected chi connectivity index (χ3v) is 3.73. The van der Waals surface area contributed by atoms with E-state index in [1.54, 1.807) is 0 Å². The second-order valence-electron chi connectivity index (χ2n) is 6.04. The second kappa shape index (κ2) is 3.98. The fourth-order valence-electron chi connectivity index (χ4n) is 2.44. The summed E-state index contributed by atoms with van der Waals surface area (Å²) in [6.45, 7) is 7.91. The molecule has 2 aliphatic rings. The molecule has 5 nitrogen and oxygen atoms in total. The lowest BCUT2D eigenvalue weighted by molar-refractivity contribution is -0.202.